The summed E-state index contributed by atoms with van der Waals surface area (Å²) in [7, 11) is 0. The van der Waals surface area contributed by atoms with E-state index in [9.17, 15) is 29.4 Å². The van der Waals surface area contributed by atoms with Crippen LogP contribution in [0.1, 0.15) is 44.1 Å². The van der Waals surface area contributed by atoms with E-state index in [4.69, 9.17) is 9.47 Å². The van der Waals surface area contributed by atoms with Crippen LogP contribution in [-0.2, 0) is 27.5 Å². The lowest BCUT2D eigenvalue weighted by atomic mass is 10.1. The van der Waals surface area contributed by atoms with Crippen molar-refractivity contribution in [2.45, 2.75) is 43.0 Å². The summed E-state index contributed by atoms with van der Waals surface area (Å²) in [5, 5.41) is 18.7. The van der Waals surface area contributed by atoms with Crippen LogP contribution in [0.25, 0.3) is 0 Å². The number of nitrogens with zero attached hydrogens (tertiary/aromatic N) is 2. The Bertz CT molecular complexity index is 1430. The molecule has 1 aliphatic heterocycles. The van der Waals surface area contributed by atoms with Gasteiger partial charge in [0.1, 0.15) is 17.8 Å². The largest absolute Gasteiger partial charge is 0.461 e. The number of anilines is 1. The van der Waals surface area contributed by atoms with Crippen molar-refractivity contribution in [1.29, 1.82) is 0 Å². The Balaban J connectivity index is 1.55. The van der Waals surface area contributed by atoms with Crippen LogP contribution in [0.3, 0.4) is 0 Å². The molecule has 11 nitrogen and oxygen atoms in total. The van der Waals surface area contributed by atoms with Crippen molar-refractivity contribution in [2.24, 2.45) is 0 Å². The third-order valence-corrected chi connectivity index (χ3v) is 7.56. The second-order valence-corrected chi connectivity index (χ2v) is 10.2. The third-order valence-electron chi connectivity index (χ3n) is 6.04. The number of ether oxygens (including phenoxy) is 2. The zero-order valence-corrected chi connectivity index (χ0v) is 22.0. The van der Waals surface area contributed by atoms with Crippen molar-refractivity contribution >= 4 is 35.4 Å². The van der Waals surface area contributed by atoms with E-state index < -0.39 is 46.4 Å². The minimum absolute atomic E-state index is 0.000782. The number of halogens is 1. The van der Waals surface area contributed by atoms with Gasteiger partial charge in [-0.2, -0.15) is 4.98 Å². The first-order chi connectivity index (χ1) is 19.2. The zero-order chi connectivity index (χ0) is 28.8. The average Bonchev–Trinajstić information content (AvgIpc) is 3.25. The predicted octanol–water partition coefficient (Wildman–Crippen LogP) is 2.22. The third kappa shape index (κ3) is 6.73. The van der Waals surface area contributed by atoms with E-state index in [0.717, 1.165) is 16.3 Å². The Kier molecular flexibility index (Phi) is 9.30. The maximum absolute atomic E-state index is 15.9. The molecule has 1 saturated heterocycles. The van der Waals surface area contributed by atoms with Crippen LogP contribution >= 0.6 is 11.8 Å². The first-order valence-corrected chi connectivity index (χ1v) is 13.1. The van der Waals surface area contributed by atoms with Gasteiger partial charge in [-0.05, 0) is 41.5 Å². The number of aliphatic hydroxyl groups excluding tert-OH is 2. The van der Waals surface area contributed by atoms with Gasteiger partial charge in [0.2, 0.25) is 5.91 Å². The Morgan fingerprint density at radius 3 is 2.08 bits per heavy atom. The molecule has 210 valence electrons. The zero-order valence-electron chi connectivity index (χ0n) is 21.2. The van der Waals surface area contributed by atoms with Crippen LogP contribution in [-0.4, -0.2) is 61.7 Å². The van der Waals surface area contributed by atoms with Crippen LogP contribution < -0.4 is 11.0 Å². The summed E-state index contributed by atoms with van der Waals surface area (Å²) in [6.45, 7) is 0.502. The lowest BCUT2D eigenvalue weighted by Gasteiger charge is -2.21. The van der Waals surface area contributed by atoms with Gasteiger partial charge in [0.25, 0.3) is 0 Å². The molecule has 0 unspecified atom stereocenters. The molecule has 2 heterocycles. The fourth-order valence-electron chi connectivity index (χ4n) is 3.97. The highest BCUT2D eigenvalue weighted by molar-refractivity contribution is 8.00. The van der Waals surface area contributed by atoms with Crippen LogP contribution in [0.2, 0.25) is 0 Å². The van der Waals surface area contributed by atoms with Crippen molar-refractivity contribution < 1.29 is 38.5 Å². The summed E-state index contributed by atoms with van der Waals surface area (Å²) < 4.78 is 27.8. The molecule has 0 saturated carbocycles. The van der Waals surface area contributed by atoms with Gasteiger partial charge in [-0.15, -0.1) is 11.8 Å². The minimum atomic E-state index is -1.88. The molecule has 4 rings (SSSR count). The quantitative estimate of drug-likeness (QED) is 0.325. The molecule has 0 spiro atoms. The fourth-order valence-corrected chi connectivity index (χ4v) is 5.44. The number of aliphatic hydroxyl groups is 2. The molecule has 3 N–H and O–H groups in total. The molecule has 0 bridgehead atoms. The van der Waals surface area contributed by atoms with Crippen molar-refractivity contribution in [1.82, 2.24) is 9.55 Å². The van der Waals surface area contributed by atoms with Crippen molar-refractivity contribution in [3.8, 4) is 0 Å². The van der Waals surface area contributed by atoms with Gasteiger partial charge >= 0.3 is 17.6 Å². The first-order valence-electron chi connectivity index (χ1n) is 12.1. The first kappa shape index (κ1) is 28.9. The van der Waals surface area contributed by atoms with E-state index in [1.165, 1.54) is 55.6 Å². The highest BCUT2D eigenvalue weighted by Crippen LogP contribution is 2.45. The summed E-state index contributed by atoms with van der Waals surface area (Å²) in [6, 6.07) is 13.3. The minimum Gasteiger partial charge on any atom is -0.461 e. The van der Waals surface area contributed by atoms with E-state index in [1.54, 1.807) is 12.1 Å². The number of benzene rings is 2. The number of amides is 1. The Labute approximate surface area is 232 Å². The Hall–Kier alpha value is -4.07. The molecule has 13 heteroatoms. The van der Waals surface area contributed by atoms with Crippen LogP contribution in [0, 0.1) is 0 Å². The molecule has 1 aliphatic rings. The Morgan fingerprint density at radius 2 is 1.55 bits per heavy atom. The second kappa shape index (κ2) is 12.9. The molecule has 0 aliphatic carbocycles. The van der Waals surface area contributed by atoms with E-state index in [2.05, 4.69) is 10.3 Å². The summed E-state index contributed by atoms with van der Waals surface area (Å²) in [6.07, 6.45) is -2.01. The Morgan fingerprint density at radius 1 is 0.975 bits per heavy atom. The number of thioether (sulfide) groups is 1. The summed E-state index contributed by atoms with van der Waals surface area (Å²) in [4.78, 5) is 53.2. The van der Waals surface area contributed by atoms with Crippen LogP contribution in [0.4, 0.5) is 10.2 Å². The van der Waals surface area contributed by atoms with Gasteiger partial charge in [-0.3, -0.25) is 9.36 Å². The number of carbonyl (C=O) groups is 3. The van der Waals surface area contributed by atoms with Gasteiger partial charge in [-0.25, -0.2) is 18.8 Å². The molecule has 3 aromatic rings. The molecule has 1 fully saturated rings. The highest BCUT2D eigenvalue weighted by atomic mass is 32.2. The molecule has 0 radical (unpaired) electrons. The maximum Gasteiger partial charge on any atom is 0.350 e. The number of rotatable bonds is 9. The van der Waals surface area contributed by atoms with Gasteiger partial charge in [0.15, 0.2) is 12.3 Å². The van der Waals surface area contributed by atoms with E-state index in [0.29, 0.717) is 11.1 Å². The molecular weight excluding hydrogens is 545 g/mol. The van der Waals surface area contributed by atoms with E-state index in [-0.39, 0.29) is 36.8 Å². The molecule has 4 atom stereocenters. The van der Waals surface area contributed by atoms with Crippen molar-refractivity contribution in [2.75, 3.05) is 11.9 Å². The number of esters is 2. The smallest absolute Gasteiger partial charge is 0.350 e. The predicted molar refractivity (Wildman–Crippen MR) is 142 cm³/mol. The molecule has 1 aromatic heterocycles. The van der Waals surface area contributed by atoms with Crippen LogP contribution in [0.5, 0.6) is 0 Å². The van der Waals surface area contributed by atoms with E-state index in [1.807, 2.05) is 0 Å². The second-order valence-electron chi connectivity index (χ2n) is 8.87. The van der Waals surface area contributed by atoms with Crippen molar-refractivity contribution in [3.63, 3.8) is 0 Å². The number of nitrogens with one attached hydrogen (secondary N) is 1. The summed E-state index contributed by atoms with van der Waals surface area (Å²) in [5.41, 5.74) is 0.671. The number of hydrogen-bond donors (Lipinski definition) is 3. The van der Waals surface area contributed by atoms with E-state index >= 15 is 4.39 Å². The SMILES string of the molecule is CC(=O)Nc1ccn([C@@H]2S[C@H](COC(=O)c3ccc(CO)cc3)[C@@H](OC(=O)c3ccc(CO)cc3)[C@@H]2F)c(=O)n1. The van der Waals surface area contributed by atoms with Gasteiger partial charge in [0.05, 0.1) is 29.6 Å². The van der Waals surface area contributed by atoms with Gasteiger partial charge < -0.3 is 25.0 Å². The van der Waals surface area contributed by atoms with Crippen LogP contribution in [0.15, 0.2) is 65.6 Å². The molecule has 1 amide bonds. The van der Waals surface area contributed by atoms with Gasteiger partial charge in [0, 0.05) is 13.1 Å². The topological polar surface area (TPSA) is 157 Å². The molecule has 40 heavy (non-hydrogen) atoms. The average molecular weight is 572 g/mol. The standard InChI is InChI=1S/C27H26FN3O8S/c1-15(34)29-21-10-11-31(27(37)30-21)24-22(28)23(39-26(36)19-8-4-17(13-33)5-9-19)20(40-24)14-38-25(35)18-6-2-16(12-32)3-7-18/h2-11,20,22-24,32-33H,12-14H2,1H3,(H,29,30,34,37)/t20-,22+,23-,24-/m1/s1. The number of carbonyl (C=O) groups excluding carboxylic acids is 3. The fraction of sp³-hybridized carbons (Fsp3) is 0.296. The summed E-state index contributed by atoms with van der Waals surface area (Å²) in [5.74, 6) is -1.97. The lowest BCUT2D eigenvalue weighted by molar-refractivity contribution is -0.114. The monoisotopic (exact) mass is 571 g/mol. The number of alkyl halides is 1. The van der Waals surface area contributed by atoms with Crippen molar-refractivity contribution in [3.05, 3.63) is 93.5 Å². The lowest BCUT2D eigenvalue weighted by Crippen LogP contribution is -2.37. The summed E-state index contributed by atoms with van der Waals surface area (Å²) >= 11 is 0.940. The van der Waals surface area contributed by atoms with Gasteiger partial charge in [-0.1, -0.05) is 24.3 Å². The molecule has 2 aromatic carbocycles. The number of aromatic nitrogens is 2. The highest BCUT2D eigenvalue weighted by Gasteiger charge is 2.49. The molecular formula is C27H26FN3O8S. The normalized spacial score (nSPS) is 20.1. The number of hydrogen-bond acceptors (Lipinski definition) is 10. The maximum atomic E-state index is 15.9.